The van der Waals surface area contributed by atoms with Crippen molar-refractivity contribution in [1.29, 1.82) is 0 Å². The van der Waals surface area contributed by atoms with Crippen molar-refractivity contribution in [3.63, 3.8) is 0 Å². The Labute approximate surface area is 105 Å². The molecule has 0 N–H and O–H groups in total. The van der Waals surface area contributed by atoms with Gasteiger partial charge in [-0.2, -0.15) is 0 Å². The van der Waals surface area contributed by atoms with E-state index in [9.17, 15) is 4.39 Å². The Kier molecular flexibility index (Phi) is 2.56. The summed E-state index contributed by atoms with van der Waals surface area (Å²) in [7, 11) is 0. The van der Waals surface area contributed by atoms with Gasteiger partial charge in [-0.3, -0.25) is 0 Å². The first-order valence-electron chi connectivity index (χ1n) is 5.78. The Bertz CT molecular complexity index is 719. The van der Waals surface area contributed by atoms with Crippen LogP contribution in [0.1, 0.15) is 5.56 Å². The fourth-order valence-electron chi connectivity index (χ4n) is 1.90. The van der Waals surface area contributed by atoms with Gasteiger partial charge in [0.1, 0.15) is 5.82 Å². The molecule has 0 aliphatic carbocycles. The highest BCUT2D eigenvalue weighted by molar-refractivity contribution is 5.80. The van der Waals surface area contributed by atoms with Crippen LogP contribution in [0, 0.1) is 18.8 Å². The fourth-order valence-corrected chi connectivity index (χ4v) is 1.90. The van der Waals surface area contributed by atoms with Crippen molar-refractivity contribution in [3.8, 4) is 11.3 Å². The maximum absolute atomic E-state index is 13.5. The molecule has 2 heteroatoms. The zero-order chi connectivity index (χ0) is 12.5. The van der Waals surface area contributed by atoms with Crippen LogP contribution >= 0.6 is 0 Å². The largest absolute Gasteiger partial charge is 0.248 e. The van der Waals surface area contributed by atoms with Crippen LogP contribution in [0.4, 0.5) is 4.39 Å². The lowest BCUT2D eigenvalue weighted by Crippen LogP contribution is -1.88. The minimum atomic E-state index is -0.206. The monoisotopic (exact) mass is 236 g/mol. The topological polar surface area (TPSA) is 12.9 Å². The molecule has 1 radical (unpaired) electrons. The normalized spacial score (nSPS) is 10.8. The molecule has 3 aromatic rings. The molecule has 0 spiro atoms. The highest BCUT2D eigenvalue weighted by Gasteiger charge is 2.04. The number of fused-ring (bicyclic) bond motifs is 1. The van der Waals surface area contributed by atoms with Crippen molar-refractivity contribution < 1.29 is 4.39 Å². The van der Waals surface area contributed by atoms with Crippen LogP contribution < -0.4 is 0 Å². The average molecular weight is 236 g/mol. The summed E-state index contributed by atoms with van der Waals surface area (Å²) in [5.41, 5.74) is 3.03. The lowest BCUT2D eigenvalue weighted by atomic mass is 10.1. The number of pyridine rings is 1. The van der Waals surface area contributed by atoms with Gasteiger partial charge >= 0.3 is 0 Å². The van der Waals surface area contributed by atoms with Gasteiger partial charge in [-0.1, -0.05) is 30.3 Å². The Morgan fingerprint density at radius 2 is 1.94 bits per heavy atom. The molecule has 0 unspecified atom stereocenters. The van der Waals surface area contributed by atoms with E-state index in [0.29, 0.717) is 5.56 Å². The number of nitrogens with zero attached hydrogens (tertiary/aromatic N) is 1. The molecule has 1 nitrogen and oxygen atoms in total. The average Bonchev–Trinajstić information content (AvgIpc) is 2.41. The van der Waals surface area contributed by atoms with Gasteiger partial charge < -0.3 is 0 Å². The first-order valence-corrected chi connectivity index (χ1v) is 5.78. The SMILES string of the molecule is Cc1ccc(-c2c[c]c3ccccc3n2)cc1F. The highest BCUT2D eigenvalue weighted by Crippen LogP contribution is 2.22. The van der Waals surface area contributed by atoms with Gasteiger partial charge in [0, 0.05) is 10.9 Å². The predicted molar refractivity (Wildman–Crippen MR) is 70.7 cm³/mol. The molecule has 1 aromatic heterocycles. The van der Waals surface area contributed by atoms with Gasteiger partial charge in [0.05, 0.1) is 11.2 Å². The Hall–Kier alpha value is -2.22. The number of hydrogen-bond acceptors (Lipinski definition) is 1. The second-order valence-electron chi connectivity index (χ2n) is 4.27. The summed E-state index contributed by atoms with van der Waals surface area (Å²) in [5.74, 6) is -0.206. The van der Waals surface area contributed by atoms with Gasteiger partial charge in [0.2, 0.25) is 0 Å². The zero-order valence-electron chi connectivity index (χ0n) is 9.94. The summed E-state index contributed by atoms with van der Waals surface area (Å²) < 4.78 is 13.5. The maximum Gasteiger partial charge on any atom is 0.126 e. The van der Waals surface area contributed by atoms with E-state index in [-0.39, 0.29) is 5.82 Å². The molecule has 0 amide bonds. The molecule has 0 aliphatic heterocycles. The molecular weight excluding hydrogens is 225 g/mol. The lowest BCUT2D eigenvalue weighted by molar-refractivity contribution is 0.619. The van der Waals surface area contributed by atoms with E-state index in [4.69, 9.17) is 0 Å². The van der Waals surface area contributed by atoms with Crippen molar-refractivity contribution in [2.45, 2.75) is 6.92 Å². The molecule has 3 rings (SSSR count). The first kappa shape index (κ1) is 10.9. The summed E-state index contributed by atoms with van der Waals surface area (Å²) in [6.07, 6.45) is 0. The van der Waals surface area contributed by atoms with Gasteiger partial charge in [-0.05, 0) is 36.8 Å². The third-order valence-electron chi connectivity index (χ3n) is 2.98. The smallest absolute Gasteiger partial charge is 0.126 e. The minimum Gasteiger partial charge on any atom is -0.248 e. The molecule has 0 fully saturated rings. The fraction of sp³-hybridized carbons (Fsp3) is 0.0625. The summed E-state index contributed by atoms with van der Waals surface area (Å²) in [5, 5.41) is 0.967. The predicted octanol–water partition coefficient (Wildman–Crippen LogP) is 4.15. The number of para-hydroxylation sites is 1. The molecule has 18 heavy (non-hydrogen) atoms. The van der Waals surface area contributed by atoms with E-state index in [1.807, 2.05) is 30.3 Å². The lowest BCUT2D eigenvalue weighted by Gasteiger charge is -2.04. The van der Waals surface area contributed by atoms with Gasteiger partial charge in [-0.15, -0.1) is 0 Å². The summed E-state index contributed by atoms with van der Waals surface area (Å²) in [6.45, 7) is 1.75. The molecule has 0 saturated carbocycles. The Balaban J connectivity index is 2.16. The maximum atomic E-state index is 13.5. The third kappa shape index (κ3) is 1.86. The van der Waals surface area contributed by atoms with Crippen LogP contribution in [0.15, 0.2) is 48.5 Å². The highest BCUT2D eigenvalue weighted by atomic mass is 19.1. The van der Waals surface area contributed by atoms with Crippen LogP contribution in [0.25, 0.3) is 22.2 Å². The molecule has 2 aromatic carbocycles. The van der Waals surface area contributed by atoms with Crippen molar-refractivity contribution in [2.24, 2.45) is 0 Å². The van der Waals surface area contributed by atoms with Crippen LogP contribution in [0.3, 0.4) is 0 Å². The number of rotatable bonds is 1. The van der Waals surface area contributed by atoms with E-state index in [2.05, 4.69) is 11.1 Å². The molecule has 87 valence electrons. The van der Waals surface area contributed by atoms with E-state index < -0.39 is 0 Å². The van der Waals surface area contributed by atoms with E-state index in [1.54, 1.807) is 19.1 Å². The first-order chi connectivity index (χ1) is 8.74. The number of benzene rings is 2. The van der Waals surface area contributed by atoms with Crippen LogP contribution in [-0.2, 0) is 0 Å². The van der Waals surface area contributed by atoms with Crippen molar-refractivity contribution in [1.82, 2.24) is 4.98 Å². The number of aryl methyl sites for hydroxylation is 1. The van der Waals surface area contributed by atoms with Crippen molar-refractivity contribution in [2.75, 3.05) is 0 Å². The van der Waals surface area contributed by atoms with Crippen molar-refractivity contribution in [3.05, 3.63) is 66.0 Å². The molecule has 1 heterocycles. The molecular formula is C16H11FN. The molecule has 0 saturated heterocycles. The molecule has 0 bridgehead atoms. The standard InChI is InChI=1S/C16H11FN/c1-11-6-7-13(10-14(11)17)16-9-8-12-4-2-3-5-15(12)18-16/h2-7,9-10H,1H3. The molecule has 0 atom stereocenters. The Morgan fingerprint density at radius 3 is 2.78 bits per heavy atom. The second-order valence-corrected chi connectivity index (χ2v) is 4.27. The molecule has 0 aliphatic rings. The quantitative estimate of drug-likeness (QED) is 0.618. The van der Waals surface area contributed by atoms with Gasteiger partial charge in [0.25, 0.3) is 0 Å². The van der Waals surface area contributed by atoms with Crippen molar-refractivity contribution >= 4 is 10.9 Å². The zero-order valence-corrected chi connectivity index (χ0v) is 9.94. The van der Waals surface area contributed by atoms with E-state index in [1.165, 1.54) is 6.07 Å². The summed E-state index contributed by atoms with van der Waals surface area (Å²) >= 11 is 0. The van der Waals surface area contributed by atoms with Crippen LogP contribution in [0.2, 0.25) is 0 Å². The number of aromatic nitrogens is 1. The summed E-state index contributed by atoms with van der Waals surface area (Å²) in [4.78, 5) is 4.52. The second kappa shape index (κ2) is 4.22. The van der Waals surface area contributed by atoms with Crippen LogP contribution in [-0.4, -0.2) is 4.98 Å². The number of halogens is 1. The third-order valence-corrected chi connectivity index (χ3v) is 2.98. The van der Waals surface area contributed by atoms with Gasteiger partial charge in [0.15, 0.2) is 0 Å². The Morgan fingerprint density at radius 1 is 1.11 bits per heavy atom. The number of hydrogen-bond donors (Lipinski definition) is 0. The van der Waals surface area contributed by atoms with Crippen LogP contribution in [0.5, 0.6) is 0 Å². The van der Waals surface area contributed by atoms with E-state index in [0.717, 1.165) is 22.2 Å². The van der Waals surface area contributed by atoms with E-state index >= 15 is 0 Å². The summed E-state index contributed by atoms with van der Waals surface area (Å²) in [6, 6.07) is 17.9. The minimum absolute atomic E-state index is 0.206. The van der Waals surface area contributed by atoms with Gasteiger partial charge in [-0.25, -0.2) is 9.37 Å².